The first kappa shape index (κ1) is 19.8. The molecule has 6 nitrogen and oxygen atoms in total. The average Bonchev–Trinajstić information content (AvgIpc) is 3.13. The number of nitrogens with zero attached hydrogens (tertiary/aromatic N) is 4. The molecule has 2 aromatic rings. The van der Waals surface area contributed by atoms with E-state index in [1.54, 1.807) is 29.5 Å². The molecule has 28 heavy (non-hydrogen) atoms. The van der Waals surface area contributed by atoms with E-state index in [4.69, 9.17) is 28.2 Å². The summed E-state index contributed by atoms with van der Waals surface area (Å²) in [4.78, 5) is 25.4. The summed E-state index contributed by atoms with van der Waals surface area (Å²) in [7, 11) is 0. The van der Waals surface area contributed by atoms with Crippen molar-refractivity contribution in [1.29, 1.82) is 0 Å². The number of amides is 2. The predicted octanol–water partition coefficient (Wildman–Crippen LogP) is 4.18. The second kappa shape index (κ2) is 8.45. The van der Waals surface area contributed by atoms with Crippen molar-refractivity contribution in [3.63, 3.8) is 0 Å². The molecule has 9 heteroatoms. The zero-order chi connectivity index (χ0) is 19.7. The third-order valence-corrected chi connectivity index (χ3v) is 6.96. The van der Waals surface area contributed by atoms with Crippen LogP contribution in [0.2, 0.25) is 10.0 Å². The third kappa shape index (κ3) is 4.22. The molecule has 0 bridgehead atoms. The lowest BCUT2D eigenvalue weighted by Crippen LogP contribution is -2.46. The molecule has 0 spiro atoms. The van der Waals surface area contributed by atoms with Crippen LogP contribution in [0.25, 0.3) is 0 Å². The van der Waals surface area contributed by atoms with Gasteiger partial charge in [-0.1, -0.05) is 41.5 Å². The van der Waals surface area contributed by atoms with E-state index in [0.29, 0.717) is 28.8 Å². The SMILES string of the molecule is CCN1CCN(c2nc3c(s2)CN(C(=O)Nc2ccc(Cl)cc2Cl)CC3)CC1. The summed E-state index contributed by atoms with van der Waals surface area (Å²) in [6, 6.07) is 4.91. The van der Waals surface area contributed by atoms with Gasteiger partial charge in [0, 0.05) is 49.0 Å². The fourth-order valence-corrected chi connectivity index (χ4v) is 5.16. The van der Waals surface area contributed by atoms with Crippen molar-refractivity contribution in [2.75, 3.05) is 49.5 Å². The van der Waals surface area contributed by atoms with Crippen molar-refractivity contribution in [3.8, 4) is 0 Å². The number of carbonyl (C=O) groups is 1. The van der Waals surface area contributed by atoms with Crippen molar-refractivity contribution in [2.24, 2.45) is 0 Å². The summed E-state index contributed by atoms with van der Waals surface area (Å²) < 4.78 is 0. The zero-order valence-corrected chi connectivity index (χ0v) is 18.1. The van der Waals surface area contributed by atoms with E-state index in [-0.39, 0.29) is 6.03 Å². The number of rotatable bonds is 3. The lowest BCUT2D eigenvalue weighted by Gasteiger charge is -2.33. The second-order valence-electron chi connectivity index (χ2n) is 7.01. The highest BCUT2D eigenvalue weighted by Gasteiger charge is 2.27. The van der Waals surface area contributed by atoms with E-state index >= 15 is 0 Å². The number of thiazole rings is 1. The van der Waals surface area contributed by atoms with Crippen molar-refractivity contribution >= 4 is 51.4 Å². The molecule has 0 atom stereocenters. The topological polar surface area (TPSA) is 51.7 Å². The molecule has 1 saturated heterocycles. The Bertz CT molecular complexity index is 866. The van der Waals surface area contributed by atoms with Crippen LogP contribution in [0.3, 0.4) is 0 Å². The lowest BCUT2D eigenvalue weighted by atomic mass is 10.2. The van der Waals surface area contributed by atoms with E-state index in [2.05, 4.69) is 22.0 Å². The Morgan fingerprint density at radius 1 is 1.21 bits per heavy atom. The monoisotopic (exact) mass is 439 g/mol. The maximum atomic E-state index is 12.7. The number of benzene rings is 1. The summed E-state index contributed by atoms with van der Waals surface area (Å²) in [5.41, 5.74) is 1.70. The fraction of sp³-hybridized carbons (Fsp3) is 0.474. The zero-order valence-electron chi connectivity index (χ0n) is 15.8. The fourth-order valence-electron chi connectivity index (χ4n) is 3.53. The van der Waals surface area contributed by atoms with Crippen molar-refractivity contribution in [3.05, 3.63) is 38.8 Å². The van der Waals surface area contributed by atoms with E-state index in [9.17, 15) is 4.79 Å². The highest BCUT2D eigenvalue weighted by molar-refractivity contribution is 7.15. The van der Waals surface area contributed by atoms with Gasteiger partial charge in [-0.15, -0.1) is 0 Å². The average molecular weight is 440 g/mol. The van der Waals surface area contributed by atoms with Crippen LogP contribution in [0.5, 0.6) is 0 Å². The first-order valence-corrected chi connectivity index (χ1v) is 11.1. The molecule has 2 aliphatic heterocycles. The Balaban J connectivity index is 1.40. The number of carbonyl (C=O) groups excluding carboxylic acids is 1. The normalized spacial score (nSPS) is 17.5. The number of likely N-dealkylation sites (N-methyl/N-ethyl adjacent to an activating group) is 1. The van der Waals surface area contributed by atoms with Gasteiger partial charge in [0.2, 0.25) is 0 Å². The van der Waals surface area contributed by atoms with Gasteiger partial charge < -0.3 is 20.0 Å². The molecule has 0 radical (unpaired) electrons. The molecule has 2 amide bonds. The van der Waals surface area contributed by atoms with Gasteiger partial charge in [0.15, 0.2) is 5.13 Å². The first-order valence-electron chi connectivity index (χ1n) is 9.50. The quantitative estimate of drug-likeness (QED) is 0.778. The van der Waals surface area contributed by atoms with E-state index < -0.39 is 0 Å². The van der Waals surface area contributed by atoms with Crippen molar-refractivity contribution < 1.29 is 4.79 Å². The Morgan fingerprint density at radius 2 is 2.00 bits per heavy atom. The number of urea groups is 1. The second-order valence-corrected chi connectivity index (χ2v) is 8.92. The van der Waals surface area contributed by atoms with Crippen LogP contribution in [0.15, 0.2) is 18.2 Å². The van der Waals surface area contributed by atoms with Crippen molar-refractivity contribution in [1.82, 2.24) is 14.8 Å². The smallest absolute Gasteiger partial charge is 0.322 e. The Labute approximate surface area is 179 Å². The predicted molar refractivity (Wildman–Crippen MR) is 116 cm³/mol. The van der Waals surface area contributed by atoms with E-state index in [1.807, 2.05) is 4.90 Å². The molecule has 1 aromatic heterocycles. The van der Waals surface area contributed by atoms with Crippen LogP contribution in [0.1, 0.15) is 17.5 Å². The number of anilines is 2. The van der Waals surface area contributed by atoms with Gasteiger partial charge in [0.25, 0.3) is 0 Å². The largest absolute Gasteiger partial charge is 0.346 e. The molecule has 3 heterocycles. The molecular formula is C19H23Cl2N5OS. The summed E-state index contributed by atoms with van der Waals surface area (Å²) >= 11 is 13.8. The number of hydrogen-bond acceptors (Lipinski definition) is 5. The molecule has 1 aromatic carbocycles. The number of hydrogen-bond donors (Lipinski definition) is 1. The van der Waals surface area contributed by atoms with Gasteiger partial charge in [0.05, 0.1) is 22.9 Å². The summed E-state index contributed by atoms with van der Waals surface area (Å²) in [6.45, 7) is 8.72. The van der Waals surface area contributed by atoms with Gasteiger partial charge >= 0.3 is 6.03 Å². The van der Waals surface area contributed by atoms with Gasteiger partial charge in [-0.2, -0.15) is 0 Å². The number of halogens is 2. The molecule has 1 N–H and O–H groups in total. The van der Waals surface area contributed by atoms with Crippen LogP contribution in [0.4, 0.5) is 15.6 Å². The van der Waals surface area contributed by atoms with Crippen molar-refractivity contribution in [2.45, 2.75) is 19.9 Å². The number of piperazine rings is 1. The van der Waals surface area contributed by atoms with Gasteiger partial charge in [-0.05, 0) is 24.7 Å². The molecule has 0 unspecified atom stereocenters. The Kier molecular flexibility index (Phi) is 5.96. The van der Waals surface area contributed by atoms with E-state index in [1.165, 1.54) is 4.88 Å². The molecule has 0 aliphatic carbocycles. The number of nitrogens with one attached hydrogen (secondary N) is 1. The van der Waals surface area contributed by atoms with Crippen LogP contribution < -0.4 is 10.2 Å². The van der Waals surface area contributed by atoms with Crippen LogP contribution in [-0.4, -0.2) is 60.1 Å². The molecule has 4 rings (SSSR count). The van der Waals surface area contributed by atoms with E-state index in [0.717, 1.165) is 50.0 Å². The van der Waals surface area contributed by atoms with Gasteiger partial charge in [-0.25, -0.2) is 9.78 Å². The molecule has 1 fully saturated rings. The third-order valence-electron chi connectivity index (χ3n) is 5.27. The van der Waals surface area contributed by atoms with Crippen LogP contribution in [0, 0.1) is 0 Å². The van der Waals surface area contributed by atoms with Crippen LogP contribution in [-0.2, 0) is 13.0 Å². The van der Waals surface area contributed by atoms with Gasteiger partial charge in [0.1, 0.15) is 0 Å². The van der Waals surface area contributed by atoms with Gasteiger partial charge in [-0.3, -0.25) is 0 Å². The van der Waals surface area contributed by atoms with Crippen LogP contribution >= 0.6 is 34.5 Å². The highest BCUT2D eigenvalue weighted by atomic mass is 35.5. The lowest BCUT2D eigenvalue weighted by molar-refractivity contribution is 0.207. The summed E-state index contributed by atoms with van der Waals surface area (Å²) in [5, 5.41) is 4.95. The summed E-state index contributed by atoms with van der Waals surface area (Å²) in [5.74, 6) is 0. The maximum Gasteiger partial charge on any atom is 0.322 e. The standard InChI is InChI=1S/C19H23Cl2N5OS/c1-2-24-7-9-25(10-8-24)19-23-16-5-6-26(12-17(16)28-19)18(27)22-15-4-3-13(20)11-14(15)21/h3-4,11H,2,5-10,12H2,1H3,(H,22,27). The Morgan fingerprint density at radius 3 is 2.71 bits per heavy atom. The highest BCUT2D eigenvalue weighted by Crippen LogP contribution is 2.32. The Hall–Kier alpha value is -1.54. The summed E-state index contributed by atoms with van der Waals surface area (Å²) in [6.07, 6.45) is 0.780. The minimum Gasteiger partial charge on any atom is -0.346 e. The molecule has 150 valence electrons. The minimum atomic E-state index is -0.151. The molecular weight excluding hydrogens is 417 g/mol. The minimum absolute atomic E-state index is 0.151. The first-order chi connectivity index (χ1) is 13.5. The number of fused-ring (bicyclic) bond motifs is 1. The number of aromatic nitrogens is 1. The molecule has 2 aliphatic rings. The maximum absolute atomic E-state index is 12.7. The molecule has 0 saturated carbocycles.